The van der Waals surface area contributed by atoms with Crippen LogP contribution in [0.15, 0.2) is 6.33 Å². The Hall–Kier alpha value is -1.56. The van der Waals surface area contributed by atoms with Crippen LogP contribution in [-0.2, 0) is 0 Å². The van der Waals surface area contributed by atoms with E-state index < -0.39 is 5.97 Å². The maximum absolute atomic E-state index is 10.1. The van der Waals surface area contributed by atoms with Gasteiger partial charge < -0.3 is 21.6 Å². The predicted octanol–water partition coefficient (Wildman–Crippen LogP) is 2.78. The lowest BCUT2D eigenvalue weighted by atomic mass is 10.1. The largest absolute Gasteiger partial charge is 0.476 e. The van der Waals surface area contributed by atoms with Crippen LogP contribution in [0, 0.1) is 0 Å². The van der Waals surface area contributed by atoms with E-state index in [9.17, 15) is 4.79 Å². The Morgan fingerprint density at radius 3 is 2.10 bits per heavy atom. The van der Waals surface area contributed by atoms with Crippen LogP contribution in [0.3, 0.4) is 0 Å². The van der Waals surface area contributed by atoms with Gasteiger partial charge in [-0.05, 0) is 13.0 Å². The minimum atomic E-state index is -1.09. The number of anilines is 1. The third kappa shape index (κ3) is 9.38. The first kappa shape index (κ1) is 18.4. The van der Waals surface area contributed by atoms with Crippen molar-refractivity contribution in [2.24, 2.45) is 5.73 Å². The van der Waals surface area contributed by atoms with Crippen molar-refractivity contribution in [3.05, 3.63) is 12.0 Å². The van der Waals surface area contributed by atoms with E-state index in [0.29, 0.717) is 0 Å². The standard InChI is InChI=1S/C10H23N.C4H5N3O2/c1-2-3-4-5-6-7-8-9-10-11;5-3-2(4(8)9)6-1-7-3/h2-11H2,1H3;1H,5H2,(H,6,7)(H,8,9). The van der Waals surface area contributed by atoms with Crippen molar-refractivity contribution in [1.82, 2.24) is 9.97 Å². The second kappa shape index (κ2) is 12.5. The highest BCUT2D eigenvalue weighted by atomic mass is 16.4. The van der Waals surface area contributed by atoms with E-state index in [1.54, 1.807) is 0 Å². The molecular weight excluding hydrogens is 256 g/mol. The molecule has 6 nitrogen and oxygen atoms in total. The lowest BCUT2D eigenvalue weighted by Crippen LogP contribution is -2.00. The lowest BCUT2D eigenvalue weighted by Gasteiger charge is -1.99. The third-order valence-corrected chi connectivity index (χ3v) is 2.94. The zero-order valence-corrected chi connectivity index (χ0v) is 12.4. The molecule has 0 aliphatic heterocycles. The number of carbonyl (C=O) groups is 1. The number of H-pyrrole nitrogens is 1. The Kier molecular flexibility index (Phi) is 11.5. The second-order valence-electron chi connectivity index (χ2n) is 4.73. The van der Waals surface area contributed by atoms with Crippen LogP contribution >= 0.6 is 0 Å². The molecule has 0 aliphatic carbocycles. The number of carboxylic acids is 1. The number of nitrogen functional groups attached to an aromatic ring is 1. The number of unbranched alkanes of at least 4 members (excludes halogenated alkanes) is 7. The van der Waals surface area contributed by atoms with Gasteiger partial charge in [0.15, 0.2) is 11.5 Å². The quantitative estimate of drug-likeness (QED) is 0.520. The second-order valence-corrected chi connectivity index (χ2v) is 4.73. The van der Waals surface area contributed by atoms with Crippen LogP contribution in [0.25, 0.3) is 0 Å². The third-order valence-electron chi connectivity index (χ3n) is 2.94. The van der Waals surface area contributed by atoms with Crippen LogP contribution in [0.2, 0.25) is 0 Å². The van der Waals surface area contributed by atoms with Crippen molar-refractivity contribution in [2.75, 3.05) is 12.3 Å². The van der Waals surface area contributed by atoms with Crippen molar-refractivity contribution < 1.29 is 9.90 Å². The summed E-state index contributed by atoms with van der Waals surface area (Å²) in [5.74, 6) is -1.08. The minimum Gasteiger partial charge on any atom is -0.476 e. The van der Waals surface area contributed by atoms with Gasteiger partial charge in [-0.15, -0.1) is 0 Å². The molecule has 20 heavy (non-hydrogen) atoms. The number of hydrogen-bond acceptors (Lipinski definition) is 4. The summed E-state index contributed by atoms with van der Waals surface area (Å²) in [4.78, 5) is 16.0. The minimum absolute atomic E-state index is 0.0162. The molecule has 0 saturated heterocycles. The predicted molar refractivity (Wildman–Crippen MR) is 81.6 cm³/mol. The molecule has 0 amide bonds. The molecule has 0 fully saturated rings. The molecule has 6 heteroatoms. The molecule has 0 spiro atoms. The number of nitrogens with one attached hydrogen (secondary N) is 1. The van der Waals surface area contributed by atoms with Gasteiger partial charge in [0.2, 0.25) is 0 Å². The summed E-state index contributed by atoms with van der Waals surface area (Å²) in [6, 6.07) is 0. The van der Waals surface area contributed by atoms with Gasteiger partial charge in [-0.2, -0.15) is 0 Å². The van der Waals surface area contributed by atoms with E-state index in [-0.39, 0.29) is 11.5 Å². The van der Waals surface area contributed by atoms with Gasteiger partial charge in [0.05, 0.1) is 6.33 Å². The zero-order chi connectivity index (χ0) is 15.2. The van der Waals surface area contributed by atoms with Gasteiger partial charge in [0.25, 0.3) is 0 Å². The summed E-state index contributed by atoms with van der Waals surface area (Å²) in [7, 11) is 0. The summed E-state index contributed by atoms with van der Waals surface area (Å²) in [6.07, 6.45) is 12.2. The summed E-state index contributed by atoms with van der Waals surface area (Å²) in [5.41, 5.74) is 10.4. The van der Waals surface area contributed by atoms with Crippen molar-refractivity contribution in [1.29, 1.82) is 0 Å². The fourth-order valence-corrected chi connectivity index (χ4v) is 1.75. The van der Waals surface area contributed by atoms with Crippen molar-refractivity contribution in [2.45, 2.75) is 58.3 Å². The van der Waals surface area contributed by atoms with Crippen molar-refractivity contribution >= 4 is 11.8 Å². The number of nitrogens with zero attached hydrogens (tertiary/aromatic N) is 1. The average Bonchev–Trinajstić information content (AvgIpc) is 2.85. The van der Waals surface area contributed by atoms with Crippen LogP contribution in [0.4, 0.5) is 5.82 Å². The van der Waals surface area contributed by atoms with Gasteiger partial charge in [0.1, 0.15) is 0 Å². The highest BCUT2D eigenvalue weighted by Gasteiger charge is 2.07. The molecule has 6 N–H and O–H groups in total. The van der Waals surface area contributed by atoms with E-state index in [1.807, 2.05) is 0 Å². The summed E-state index contributed by atoms with van der Waals surface area (Å²) < 4.78 is 0. The summed E-state index contributed by atoms with van der Waals surface area (Å²) in [6.45, 7) is 3.13. The van der Waals surface area contributed by atoms with Gasteiger partial charge in [-0.3, -0.25) is 0 Å². The van der Waals surface area contributed by atoms with E-state index in [0.717, 1.165) is 6.54 Å². The first-order chi connectivity index (χ1) is 9.63. The molecule has 1 aromatic rings. The molecule has 1 aromatic heterocycles. The smallest absolute Gasteiger partial charge is 0.356 e. The van der Waals surface area contributed by atoms with Crippen LogP contribution in [-0.4, -0.2) is 27.6 Å². The molecule has 0 aliphatic rings. The van der Waals surface area contributed by atoms with Crippen molar-refractivity contribution in [3.8, 4) is 0 Å². The van der Waals surface area contributed by atoms with E-state index in [1.165, 1.54) is 57.7 Å². The number of aromatic amines is 1. The number of rotatable bonds is 9. The molecule has 0 atom stereocenters. The van der Waals surface area contributed by atoms with Gasteiger partial charge in [-0.25, -0.2) is 9.78 Å². The van der Waals surface area contributed by atoms with Crippen LogP contribution < -0.4 is 11.5 Å². The molecular formula is C14H28N4O2. The maximum atomic E-state index is 10.1. The van der Waals surface area contributed by atoms with Gasteiger partial charge in [-0.1, -0.05) is 51.9 Å². The van der Waals surface area contributed by atoms with Crippen LogP contribution in [0.5, 0.6) is 0 Å². The van der Waals surface area contributed by atoms with E-state index >= 15 is 0 Å². The molecule has 1 rings (SSSR count). The highest BCUT2D eigenvalue weighted by molar-refractivity contribution is 5.90. The monoisotopic (exact) mass is 284 g/mol. The molecule has 0 saturated carbocycles. The van der Waals surface area contributed by atoms with E-state index in [2.05, 4.69) is 16.9 Å². The highest BCUT2D eigenvalue weighted by Crippen LogP contribution is 2.07. The maximum Gasteiger partial charge on any atom is 0.356 e. The number of carboxylic acid groups (broad SMARTS) is 1. The summed E-state index contributed by atoms with van der Waals surface area (Å²) >= 11 is 0. The first-order valence-corrected chi connectivity index (χ1v) is 7.35. The Bertz CT molecular complexity index is 345. The van der Waals surface area contributed by atoms with E-state index in [4.69, 9.17) is 16.6 Å². The lowest BCUT2D eigenvalue weighted by molar-refractivity contribution is 0.0692. The molecule has 0 radical (unpaired) electrons. The number of imidazole rings is 1. The first-order valence-electron chi connectivity index (χ1n) is 7.35. The molecule has 1 heterocycles. The number of aromatic nitrogens is 2. The Morgan fingerprint density at radius 1 is 1.20 bits per heavy atom. The SMILES string of the molecule is CCCCCCCCCCN.Nc1nc[nH]c1C(=O)O. The topological polar surface area (TPSA) is 118 Å². The molecule has 0 aromatic carbocycles. The average molecular weight is 284 g/mol. The fraction of sp³-hybridized carbons (Fsp3) is 0.714. The molecule has 0 bridgehead atoms. The zero-order valence-electron chi connectivity index (χ0n) is 12.4. The number of hydrogen-bond donors (Lipinski definition) is 4. The van der Waals surface area contributed by atoms with Crippen molar-refractivity contribution in [3.63, 3.8) is 0 Å². The Morgan fingerprint density at radius 2 is 1.75 bits per heavy atom. The van der Waals surface area contributed by atoms with Gasteiger partial charge >= 0.3 is 5.97 Å². The molecule has 0 unspecified atom stereocenters. The fourth-order valence-electron chi connectivity index (χ4n) is 1.75. The summed E-state index contributed by atoms with van der Waals surface area (Å²) in [5, 5.41) is 8.30. The number of aromatic carboxylic acids is 1. The normalized spacial score (nSPS) is 9.90. The Balaban J connectivity index is 0.000000367. The number of nitrogens with two attached hydrogens (primary N) is 2. The Labute approximate surface area is 121 Å². The van der Waals surface area contributed by atoms with Crippen LogP contribution in [0.1, 0.15) is 68.8 Å². The van der Waals surface area contributed by atoms with Gasteiger partial charge in [0, 0.05) is 0 Å². The molecule has 116 valence electrons.